The quantitative estimate of drug-likeness (QED) is 0.512. The normalized spacial score (nSPS) is 13.3. The summed E-state index contributed by atoms with van der Waals surface area (Å²) in [5.41, 5.74) is 4.81. The number of nitrogens with zero attached hydrogens (tertiary/aromatic N) is 2. The Hall–Kier alpha value is -2.59. The van der Waals surface area contributed by atoms with Crippen molar-refractivity contribution in [1.29, 1.82) is 0 Å². The Morgan fingerprint density at radius 3 is 2.68 bits per heavy atom. The summed E-state index contributed by atoms with van der Waals surface area (Å²) in [5.74, 6) is 0.884. The lowest BCUT2D eigenvalue weighted by Gasteiger charge is -2.06. The average Bonchev–Trinajstić information content (AvgIpc) is 3.33. The first-order valence-electron chi connectivity index (χ1n) is 8.64. The molecule has 0 spiro atoms. The largest absolute Gasteiger partial charge is 0.489 e. The van der Waals surface area contributed by atoms with Crippen molar-refractivity contribution in [3.05, 3.63) is 76.9 Å². The number of ether oxygens (including phenoxy) is 1. The predicted molar refractivity (Wildman–Crippen MR) is 101 cm³/mol. The molecule has 0 radical (unpaired) electrons. The molecular formula is C21H18N2OS. The Labute approximate surface area is 150 Å². The second kappa shape index (κ2) is 6.05. The van der Waals surface area contributed by atoms with Crippen LogP contribution >= 0.6 is 11.3 Å². The van der Waals surface area contributed by atoms with Crippen LogP contribution in [0.5, 0.6) is 5.75 Å². The first-order chi connectivity index (χ1) is 12.4. The van der Waals surface area contributed by atoms with Crippen molar-refractivity contribution in [2.24, 2.45) is 0 Å². The molecule has 3 nitrogen and oxygen atoms in total. The fourth-order valence-electron chi connectivity index (χ4n) is 3.41. The molecule has 0 fully saturated rings. The highest BCUT2D eigenvalue weighted by Crippen LogP contribution is 2.33. The van der Waals surface area contributed by atoms with E-state index in [0.717, 1.165) is 22.0 Å². The molecular weight excluding hydrogens is 328 g/mol. The number of imidazole rings is 1. The molecule has 25 heavy (non-hydrogen) atoms. The first kappa shape index (κ1) is 14.7. The van der Waals surface area contributed by atoms with Gasteiger partial charge in [-0.3, -0.25) is 4.40 Å². The highest BCUT2D eigenvalue weighted by Gasteiger charge is 2.19. The molecule has 0 saturated heterocycles. The minimum absolute atomic E-state index is 0.590. The molecule has 0 amide bonds. The molecule has 0 aliphatic heterocycles. The van der Waals surface area contributed by atoms with Crippen molar-refractivity contribution < 1.29 is 4.74 Å². The van der Waals surface area contributed by atoms with Gasteiger partial charge in [0.25, 0.3) is 0 Å². The molecule has 0 unspecified atom stereocenters. The fourth-order valence-corrected chi connectivity index (χ4v) is 4.60. The summed E-state index contributed by atoms with van der Waals surface area (Å²) in [6, 6.07) is 18.5. The van der Waals surface area contributed by atoms with Crippen LogP contribution in [0.25, 0.3) is 16.2 Å². The van der Waals surface area contributed by atoms with Crippen molar-refractivity contribution in [2.75, 3.05) is 0 Å². The van der Waals surface area contributed by atoms with Crippen molar-refractivity contribution in [3.8, 4) is 17.0 Å². The van der Waals surface area contributed by atoms with E-state index in [1.165, 1.54) is 35.4 Å². The number of aromatic nitrogens is 2. The Bertz CT molecular complexity index is 1020. The average molecular weight is 346 g/mol. The van der Waals surface area contributed by atoms with E-state index in [2.05, 4.69) is 34.9 Å². The van der Waals surface area contributed by atoms with Crippen LogP contribution in [-0.4, -0.2) is 9.38 Å². The van der Waals surface area contributed by atoms with E-state index in [4.69, 9.17) is 9.72 Å². The summed E-state index contributed by atoms with van der Waals surface area (Å²) in [7, 11) is 0. The third-order valence-corrected chi connectivity index (χ3v) is 5.87. The second-order valence-corrected chi connectivity index (χ2v) is 7.46. The number of thiazole rings is 1. The van der Waals surface area contributed by atoms with E-state index in [0.29, 0.717) is 6.61 Å². The molecule has 2 heterocycles. The summed E-state index contributed by atoms with van der Waals surface area (Å²) in [4.78, 5) is 7.44. The van der Waals surface area contributed by atoms with Crippen LogP contribution in [0.3, 0.4) is 0 Å². The van der Waals surface area contributed by atoms with Gasteiger partial charge in [0.05, 0.1) is 5.69 Å². The number of aryl methyl sites for hydroxylation is 2. The van der Waals surface area contributed by atoms with Crippen molar-refractivity contribution in [2.45, 2.75) is 25.9 Å². The van der Waals surface area contributed by atoms with Crippen molar-refractivity contribution in [3.63, 3.8) is 0 Å². The second-order valence-electron chi connectivity index (χ2n) is 6.40. The van der Waals surface area contributed by atoms with Gasteiger partial charge >= 0.3 is 0 Å². The standard InChI is InChI=1S/C21H18N2OS/c1-2-5-15(6-3-1)14-24-17-11-9-16(10-12-17)18-13-23-19-7-4-8-20(19)25-21(23)22-18/h1-3,5-6,9-13H,4,7-8,14H2. The number of rotatable bonds is 4. The SMILES string of the molecule is c1ccc(COc2ccc(-c3cn4c5c(sc4n3)CCC5)cc2)cc1. The molecule has 1 aliphatic carbocycles. The molecule has 0 N–H and O–H groups in total. The number of hydrogen-bond donors (Lipinski definition) is 0. The number of hydrogen-bond acceptors (Lipinski definition) is 3. The maximum atomic E-state index is 5.86. The Morgan fingerprint density at radius 1 is 1.00 bits per heavy atom. The van der Waals surface area contributed by atoms with Crippen LogP contribution < -0.4 is 4.74 Å². The van der Waals surface area contributed by atoms with E-state index in [9.17, 15) is 0 Å². The van der Waals surface area contributed by atoms with Crippen LogP contribution in [0, 0.1) is 0 Å². The van der Waals surface area contributed by atoms with Crippen LogP contribution in [0.2, 0.25) is 0 Å². The summed E-state index contributed by atoms with van der Waals surface area (Å²) in [6.45, 7) is 0.590. The van der Waals surface area contributed by atoms with E-state index in [-0.39, 0.29) is 0 Å². The van der Waals surface area contributed by atoms with Crippen LogP contribution in [0.4, 0.5) is 0 Å². The van der Waals surface area contributed by atoms with Gasteiger partial charge in [-0.2, -0.15) is 0 Å². The minimum Gasteiger partial charge on any atom is -0.489 e. The molecule has 5 rings (SSSR count). The van der Waals surface area contributed by atoms with Gasteiger partial charge in [0.1, 0.15) is 12.4 Å². The van der Waals surface area contributed by atoms with E-state index in [1.54, 1.807) is 0 Å². The zero-order chi connectivity index (χ0) is 16.6. The molecule has 0 bridgehead atoms. The summed E-state index contributed by atoms with van der Waals surface area (Å²) in [6.07, 6.45) is 5.84. The molecule has 124 valence electrons. The molecule has 2 aromatic carbocycles. The van der Waals surface area contributed by atoms with Gasteiger partial charge in [0, 0.05) is 22.3 Å². The predicted octanol–water partition coefficient (Wildman–Crippen LogP) is 5.13. The van der Waals surface area contributed by atoms with Gasteiger partial charge < -0.3 is 4.74 Å². The number of fused-ring (bicyclic) bond motifs is 3. The number of benzene rings is 2. The maximum absolute atomic E-state index is 5.86. The van der Waals surface area contributed by atoms with Gasteiger partial charge in [0.2, 0.25) is 0 Å². The van der Waals surface area contributed by atoms with Gasteiger partial charge in [-0.15, -0.1) is 11.3 Å². The monoisotopic (exact) mass is 346 g/mol. The van der Waals surface area contributed by atoms with Gasteiger partial charge in [-0.25, -0.2) is 4.98 Å². The Balaban J connectivity index is 1.35. The molecule has 2 aromatic heterocycles. The molecule has 4 aromatic rings. The molecule has 1 aliphatic rings. The summed E-state index contributed by atoms with van der Waals surface area (Å²) >= 11 is 1.84. The maximum Gasteiger partial charge on any atom is 0.194 e. The lowest BCUT2D eigenvalue weighted by Crippen LogP contribution is -1.94. The zero-order valence-corrected chi connectivity index (χ0v) is 14.6. The highest BCUT2D eigenvalue weighted by atomic mass is 32.1. The molecule has 0 atom stereocenters. The Kier molecular flexibility index (Phi) is 3.56. The topological polar surface area (TPSA) is 26.5 Å². The van der Waals surface area contributed by atoms with Gasteiger partial charge in [-0.05, 0) is 49.1 Å². The Morgan fingerprint density at radius 2 is 1.84 bits per heavy atom. The van der Waals surface area contributed by atoms with E-state index < -0.39 is 0 Å². The lowest BCUT2D eigenvalue weighted by molar-refractivity contribution is 0.306. The zero-order valence-electron chi connectivity index (χ0n) is 13.8. The third kappa shape index (κ3) is 2.72. The minimum atomic E-state index is 0.590. The highest BCUT2D eigenvalue weighted by molar-refractivity contribution is 7.17. The lowest BCUT2D eigenvalue weighted by atomic mass is 10.1. The summed E-state index contributed by atoms with van der Waals surface area (Å²) < 4.78 is 8.14. The van der Waals surface area contributed by atoms with Crippen LogP contribution in [-0.2, 0) is 19.4 Å². The van der Waals surface area contributed by atoms with Gasteiger partial charge in [-0.1, -0.05) is 30.3 Å². The van der Waals surface area contributed by atoms with Crippen molar-refractivity contribution in [1.82, 2.24) is 9.38 Å². The first-order valence-corrected chi connectivity index (χ1v) is 9.45. The van der Waals surface area contributed by atoms with Gasteiger partial charge in [0.15, 0.2) is 4.96 Å². The van der Waals surface area contributed by atoms with Crippen molar-refractivity contribution >= 4 is 16.3 Å². The molecule has 0 saturated carbocycles. The molecule has 4 heteroatoms. The summed E-state index contributed by atoms with van der Waals surface area (Å²) in [5, 5.41) is 0. The third-order valence-electron chi connectivity index (χ3n) is 4.72. The van der Waals surface area contributed by atoms with Crippen LogP contribution in [0.15, 0.2) is 60.8 Å². The van der Waals surface area contributed by atoms with Crippen LogP contribution in [0.1, 0.15) is 22.6 Å². The fraction of sp³-hybridized carbons (Fsp3) is 0.190. The smallest absolute Gasteiger partial charge is 0.194 e. The van der Waals surface area contributed by atoms with E-state index >= 15 is 0 Å². The van der Waals surface area contributed by atoms with E-state index in [1.807, 2.05) is 41.7 Å².